The van der Waals surface area contributed by atoms with Crippen molar-refractivity contribution in [2.45, 2.75) is 18.8 Å². The molecule has 0 atom stereocenters. The largest absolute Gasteiger partial charge is 0.486 e. The molecule has 3 rings (SSSR count). The third kappa shape index (κ3) is 3.45. The SMILES string of the molecule is Cc1ccc(CS(=O)(=O)N2CC(Oc3cccnc3)C2)cc1. The van der Waals surface area contributed by atoms with Gasteiger partial charge in [0.2, 0.25) is 10.0 Å². The fourth-order valence-electron chi connectivity index (χ4n) is 2.30. The highest BCUT2D eigenvalue weighted by Crippen LogP contribution is 2.22. The lowest BCUT2D eigenvalue weighted by Gasteiger charge is -2.37. The molecule has 1 aliphatic heterocycles. The molecule has 1 aliphatic rings. The summed E-state index contributed by atoms with van der Waals surface area (Å²) in [6.45, 7) is 2.76. The second-order valence-electron chi connectivity index (χ2n) is 5.49. The second kappa shape index (κ2) is 6.06. The molecule has 0 saturated carbocycles. The minimum atomic E-state index is -3.28. The van der Waals surface area contributed by atoms with E-state index in [-0.39, 0.29) is 11.9 Å². The van der Waals surface area contributed by atoms with Gasteiger partial charge in [-0.15, -0.1) is 0 Å². The van der Waals surface area contributed by atoms with Crippen LogP contribution in [-0.2, 0) is 15.8 Å². The maximum Gasteiger partial charge on any atom is 0.218 e. The molecular weight excluding hydrogens is 300 g/mol. The Kier molecular flexibility index (Phi) is 4.13. The Bertz CT molecular complexity index is 724. The fourth-order valence-corrected chi connectivity index (χ4v) is 3.88. The van der Waals surface area contributed by atoms with E-state index >= 15 is 0 Å². The van der Waals surface area contributed by atoms with E-state index in [1.165, 1.54) is 4.31 Å². The molecule has 6 heteroatoms. The molecule has 0 amide bonds. The minimum absolute atomic E-state index is 0.0346. The van der Waals surface area contributed by atoms with Crippen LogP contribution in [0.15, 0.2) is 48.8 Å². The summed E-state index contributed by atoms with van der Waals surface area (Å²) in [4.78, 5) is 3.97. The molecule has 0 aliphatic carbocycles. The third-order valence-corrected chi connectivity index (χ3v) is 5.40. The van der Waals surface area contributed by atoms with E-state index in [1.54, 1.807) is 18.5 Å². The van der Waals surface area contributed by atoms with Crippen LogP contribution in [0.1, 0.15) is 11.1 Å². The first kappa shape index (κ1) is 15.0. The molecule has 2 heterocycles. The van der Waals surface area contributed by atoms with Crippen molar-refractivity contribution in [1.82, 2.24) is 9.29 Å². The average Bonchev–Trinajstić information content (AvgIpc) is 2.45. The van der Waals surface area contributed by atoms with Crippen LogP contribution in [0.2, 0.25) is 0 Å². The molecule has 1 saturated heterocycles. The van der Waals surface area contributed by atoms with Crippen LogP contribution in [0.4, 0.5) is 0 Å². The average molecular weight is 318 g/mol. The van der Waals surface area contributed by atoms with E-state index in [2.05, 4.69) is 4.98 Å². The van der Waals surface area contributed by atoms with Gasteiger partial charge < -0.3 is 4.74 Å². The molecule has 1 aromatic heterocycles. The highest BCUT2D eigenvalue weighted by molar-refractivity contribution is 7.88. The zero-order valence-corrected chi connectivity index (χ0v) is 13.2. The van der Waals surface area contributed by atoms with Crippen LogP contribution in [0, 0.1) is 6.92 Å². The van der Waals surface area contributed by atoms with Crippen molar-refractivity contribution in [2.75, 3.05) is 13.1 Å². The van der Waals surface area contributed by atoms with E-state index in [1.807, 2.05) is 37.3 Å². The van der Waals surface area contributed by atoms with Crippen molar-refractivity contribution in [2.24, 2.45) is 0 Å². The minimum Gasteiger partial charge on any atom is -0.486 e. The highest BCUT2D eigenvalue weighted by atomic mass is 32.2. The standard InChI is InChI=1S/C16H18N2O3S/c1-13-4-6-14(7-5-13)12-22(19,20)18-10-16(11-18)21-15-3-2-8-17-9-15/h2-9,16H,10-12H2,1H3. The Morgan fingerprint density at radius 3 is 2.59 bits per heavy atom. The number of aryl methyl sites for hydroxylation is 1. The summed E-state index contributed by atoms with van der Waals surface area (Å²) in [5.74, 6) is 0.704. The van der Waals surface area contributed by atoms with Gasteiger partial charge in [0.1, 0.15) is 11.9 Å². The smallest absolute Gasteiger partial charge is 0.218 e. The van der Waals surface area contributed by atoms with Crippen LogP contribution >= 0.6 is 0 Å². The predicted molar refractivity (Wildman–Crippen MR) is 84.0 cm³/mol. The van der Waals surface area contributed by atoms with Crippen molar-refractivity contribution in [1.29, 1.82) is 0 Å². The summed E-state index contributed by atoms with van der Waals surface area (Å²) in [7, 11) is -3.28. The summed E-state index contributed by atoms with van der Waals surface area (Å²) >= 11 is 0. The first-order chi connectivity index (χ1) is 10.5. The Balaban J connectivity index is 1.56. The number of sulfonamides is 1. The van der Waals surface area contributed by atoms with Crippen molar-refractivity contribution in [3.05, 3.63) is 59.9 Å². The van der Waals surface area contributed by atoms with E-state index in [0.717, 1.165) is 11.1 Å². The van der Waals surface area contributed by atoms with E-state index in [0.29, 0.717) is 18.8 Å². The monoisotopic (exact) mass is 318 g/mol. The third-order valence-electron chi connectivity index (χ3n) is 3.61. The number of ether oxygens (including phenoxy) is 1. The Hall–Kier alpha value is -1.92. The van der Waals surface area contributed by atoms with Crippen molar-refractivity contribution >= 4 is 10.0 Å². The van der Waals surface area contributed by atoms with Crippen LogP contribution in [0.5, 0.6) is 5.75 Å². The van der Waals surface area contributed by atoms with Crippen molar-refractivity contribution < 1.29 is 13.2 Å². The molecule has 0 N–H and O–H groups in total. The number of benzene rings is 1. The lowest BCUT2D eigenvalue weighted by atomic mass is 10.2. The van der Waals surface area contributed by atoms with E-state index in [4.69, 9.17) is 4.74 Å². The molecule has 2 aromatic rings. The normalized spacial score (nSPS) is 16.2. The Labute approximate surface area is 130 Å². The molecule has 22 heavy (non-hydrogen) atoms. The number of nitrogens with zero attached hydrogens (tertiary/aromatic N) is 2. The molecular formula is C16H18N2O3S. The number of hydrogen-bond donors (Lipinski definition) is 0. The fraction of sp³-hybridized carbons (Fsp3) is 0.312. The molecule has 116 valence electrons. The summed E-state index contributed by atoms with van der Waals surface area (Å²) in [5, 5.41) is 0. The van der Waals surface area contributed by atoms with Gasteiger partial charge in [0.15, 0.2) is 0 Å². The number of pyridine rings is 1. The summed E-state index contributed by atoms with van der Waals surface area (Å²) in [5.41, 5.74) is 1.93. The second-order valence-corrected chi connectivity index (χ2v) is 7.46. The Morgan fingerprint density at radius 1 is 1.23 bits per heavy atom. The molecule has 5 nitrogen and oxygen atoms in total. The molecule has 1 fully saturated rings. The summed E-state index contributed by atoms with van der Waals surface area (Å²) in [6.07, 6.45) is 3.20. The molecule has 1 aromatic carbocycles. The van der Waals surface area contributed by atoms with Gasteiger partial charge in [-0.1, -0.05) is 29.8 Å². The molecule has 0 bridgehead atoms. The van der Waals surface area contributed by atoms with Gasteiger partial charge in [-0.25, -0.2) is 8.42 Å². The summed E-state index contributed by atoms with van der Waals surface area (Å²) < 4.78 is 31.8. The van der Waals surface area contributed by atoms with Crippen LogP contribution < -0.4 is 4.74 Å². The zero-order chi connectivity index (χ0) is 15.6. The number of rotatable bonds is 5. The maximum atomic E-state index is 12.3. The quantitative estimate of drug-likeness (QED) is 0.846. The summed E-state index contributed by atoms with van der Waals surface area (Å²) in [6, 6.07) is 11.2. The zero-order valence-electron chi connectivity index (χ0n) is 12.3. The lowest BCUT2D eigenvalue weighted by Crippen LogP contribution is -2.56. The van der Waals surface area contributed by atoms with Gasteiger partial charge in [0, 0.05) is 6.20 Å². The van der Waals surface area contributed by atoms with E-state index < -0.39 is 10.0 Å². The van der Waals surface area contributed by atoms with Gasteiger partial charge >= 0.3 is 0 Å². The maximum absolute atomic E-state index is 12.3. The predicted octanol–water partition coefficient (Wildman–Crippen LogP) is 1.98. The van der Waals surface area contributed by atoms with Gasteiger partial charge in [-0.3, -0.25) is 4.98 Å². The first-order valence-corrected chi connectivity index (χ1v) is 8.74. The van der Waals surface area contributed by atoms with Crippen molar-refractivity contribution in [3.8, 4) is 5.75 Å². The lowest BCUT2D eigenvalue weighted by molar-refractivity contribution is 0.0758. The molecule has 0 unspecified atom stereocenters. The highest BCUT2D eigenvalue weighted by Gasteiger charge is 2.37. The van der Waals surface area contributed by atoms with Crippen LogP contribution in [-0.4, -0.2) is 36.9 Å². The first-order valence-electron chi connectivity index (χ1n) is 7.13. The van der Waals surface area contributed by atoms with Crippen LogP contribution in [0.25, 0.3) is 0 Å². The van der Waals surface area contributed by atoms with Crippen LogP contribution in [0.3, 0.4) is 0 Å². The van der Waals surface area contributed by atoms with Gasteiger partial charge in [0.05, 0.1) is 25.0 Å². The van der Waals surface area contributed by atoms with Gasteiger partial charge in [0.25, 0.3) is 0 Å². The molecule has 0 spiro atoms. The topological polar surface area (TPSA) is 59.5 Å². The Morgan fingerprint density at radius 2 is 1.95 bits per heavy atom. The molecule has 0 radical (unpaired) electrons. The number of aromatic nitrogens is 1. The van der Waals surface area contributed by atoms with Gasteiger partial charge in [-0.05, 0) is 24.6 Å². The number of hydrogen-bond acceptors (Lipinski definition) is 4. The van der Waals surface area contributed by atoms with Gasteiger partial charge in [-0.2, -0.15) is 4.31 Å². The van der Waals surface area contributed by atoms with E-state index in [9.17, 15) is 8.42 Å². The van der Waals surface area contributed by atoms with Crippen molar-refractivity contribution in [3.63, 3.8) is 0 Å².